The van der Waals surface area contributed by atoms with Crippen LogP contribution in [-0.2, 0) is 4.74 Å². The highest BCUT2D eigenvalue weighted by Gasteiger charge is 2.31. The van der Waals surface area contributed by atoms with Crippen molar-refractivity contribution in [2.45, 2.75) is 57.2 Å². The summed E-state index contributed by atoms with van der Waals surface area (Å²) in [5.74, 6) is 0.138. The van der Waals surface area contributed by atoms with E-state index in [9.17, 15) is 9.59 Å². The summed E-state index contributed by atoms with van der Waals surface area (Å²) in [5, 5.41) is 0.928. The first-order chi connectivity index (χ1) is 12.2. The normalized spacial score (nSPS) is 15.8. The van der Waals surface area contributed by atoms with Gasteiger partial charge in [0.05, 0.1) is 22.3 Å². The second kappa shape index (κ2) is 8.69. The minimum atomic E-state index is -0.500. The fraction of sp³-hybridized carbons (Fsp3) is 0.667. The monoisotopic (exact) mass is 443 g/mol. The Labute approximate surface area is 167 Å². The lowest BCUT2D eigenvalue weighted by atomic mass is 9.89. The van der Waals surface area contributed by atoms with Crippen LogP contribution in [0.25, 0.3) is 0 Å². The zero-order chi connectivity index (χ0) is 19.5. The van der Waals surface area contributed by atoms with Crippen molar-refractivity contribution in [2.24, 2.45) is 0 Å². The predicted molar refractivity (Wildman–Crippen MR) is 106 cm³/mol. The average molecular weight is 444 g/mol. The number of alkyl halides is 1. The van der Waals surface area contributed by atoms with E-state index in [0.717, 1.165) is 24.2 Å². The summed E-state index contributed by atoms with van der Waals surface area (Å²) in [7, 11) is 0. The predicted octanol–water partition coefficient (Wildman–Crippen LogP) is 4.20. The highest BCUT2D eigenvalue weighted by molar-refractivity contribution is 9.09. The van der Waals surface area contributed by atoms with Crippen molar-refractivity contribution in [3.05, 3.63) is 17.0 Å². The van der Waals surface area contributed by atoms with Gasteiger partial charge in [0.15, 0.2) is 10.9 Å². The van der Waals surface area contributed by atoms with Crippen molar-refractivity contribution in [3.63, 3.8) is 0 Å². The number of carbonyl (C=O) groups is 2. The van der Waals surface area contributed by atoms with E-state index in [0.29, 0.717) is 23.8 Å². The number of piperidine rings is 1. The highest BCUT2D eigenvalue weighted by Crippen LogP contribution is 2.32. The second-order valence-corrected chi connectivity index (χ2v) is 8.69. The maximum atomic E-state index is 12.4. The standard InChI is InChI=1S/C18H26BrN3O3S/c1-11-14(13(23)10-19)15(21-16(20-11)26-5)12-6-8-22(9-7-12)17(24)25-18(2,3)4/h12H,6-10H2,1-5H3. The minimum absolute atomic E-state index is 0.000255. The number of ketones is 1. The Morgan fingerprint density at radius 2 is 1.88 bits per heavy atom. The number of hydrogen-bond donors (Lipinski definition) is 0. The Balaban J connectivity index is 2.19. The number of carbonyl (C=O) groups excluding carboxylic acids is 2. The molecule has 0 saturated carbocycles. The number of Topliss-reactive ketones (excluding diaryl/α,β-unsaturated/α-hetero) is 1. The van der Waals surface area contributed by atoms with Gasteiger partial charge in [-0.25, -0.2) is 14.8 Å². The van der Waals surface area contributed by atoms with Crippen LogP contribution in [0.5, 0.6) is 0 Å². The maximum absolute atomic E-state index is 12.4. The van der Waals surface area contributed by atoms with Gasteiger partial charge in [-0.1, -0.05) is 27.7 Å². The third-order valence-corrected chi connectivity index (χ3v) is 5.27. The highest BCUT2D eigenvalue weighted by atomic mass is 79.9. The minimum Gasteiger partial charge on any atom is -0.444 e. The van der Waals surface area contributed by atoms with Crippen molar-refractivity contribution >= 4 is 39.6 Å². The summed E-state index contributed by atoms with van der Waals surface area (Å²) < 4.78 is 5.45. The molecule has 1 aliphatic rings. The first kappa shape index (κ1) is 21.2. The van der Waals surface area contributed by atoms with Crippen LogP contribution in [0, 0.1) is 6.92 Å². The lowest BCUT2D eigenvalue weighted by Gasteiger charge is -2.33. The molecular formula is C18H26BrN3O3S. The molecule has 2 rings (SSSR count). The Kier molecular flexibility index (Phi) is 7.07. The van der Waals surface area contributed by atoms with Crippen molar-refractivity contribution in [1.82, 2.24) is 14.9 Å². The maximum Gasteiger partial charge on any atom is 0.410 e. The molecular weight excluding hydrogens is 418 g/mol. The summed E-state index contributed by atoms with van der Waals surface area (Å²) in [4.78, 5) is 35.5. The van der Waals surface area contributed by atoms with Gasteiger partial charge in [0.25, 0.3) is 0 Å². The summed E-state index contributed by atoms with van der Waals surface area (Å²) in [6, 6.07) is 0. The molecule has 0 aromatic carbocycles. The number of halogens is 1. The van der Waals surface area contributed by atoms with Crippen molar-refractivity contribution in [3.8, 4) is 0 Å². The topological polar surface area (TPSA) is 72.4 Å². The Morgan fingerprint density at radius 1 is 1.27 bits per heavy atom. The van der Waals surface area contributed by atoms with Crippen molar-refractivity contribution in [2.75, 3.05) is 24.7 Å². The number of likely N-dealkylation sites (tertiary alicyclic amines) is 1. The number of hydrogen-bond acceptors (Lipinski definition) is 6. The smallest absolute Gasteiger partial charge is 0.410 e. The number of ether oxygens (including phenoxy) is 1. The molecule has 0 aliphatic carbocycles. The zero-order valence-electron chi connectivity index (χ0n) is 16.0. The molecule has 8 heteroatoms. The number of aryl methyl sites for hydroxylation is 1. The van der Waals surface area contributed by atoms with Gasteiger partial charge in [-0.3, -0.25) is 4.79 Å². The van der Waals surface area contributed by atoms with Crippen LogP contribution in [0.4, 0.5) is 4.79 Å². The Bertz CT molecular complexity index is 683. The molecule has 0 unspecified atom stereocenters. The molecule has 0 spiro atoms. The molecule has 1 saturated heterocycles. The molecule has 1 aromatic heterocycles. The molecule has 2 heterocycles. The van der Waals surface area contributed by atoms with Crippen molar-refractivity contribution in [1.29, 1.82) is 0 Å². The number of aromatic nitrogens is 2. The quantitative estimate of drug-likeness (QED) is 0.300. The zero-order valence-corrected chi connectivity index (χ0v) is 18.4. The lowest BCUT2D eigenvalue weighted by Crippen LogP contribution is -2.41. The fourth-order valence-corrected chi connectivity index (χ4v) is 3.73. The van der Waals surface area contributed by atoms with Gasteiger partial charge in [-0.15, -0.1) is 0 Å². The summed E-state index contributed by atoms with van der Waals surface area (Å²) in [6.45, 7) is 8.64. The number of amides is 1. The molecule has 26 heavy (non-hydrogen) atoms. The van der Waals surface area contributed by atoms with Gasteiger partial charge in [0, 0.05) is 19.0 Å². The van der Waals surface area contributed by atoms with Crippen LogP contribution < -0.4 is 0 Å². The van der Waals surface area contributed by atoms with Gasteiger partial charge in [-0.2, -0.15) is 0 Å². The van der Waals surface area contributed by atoms with Gasteiger partial charge in [0.2, 0.25) is 0 Å². The molecule has 0 N–H and O–H groups in total. The summed E-state index contributed by atoms with van der Waals surface area (Å²) in [6.07, 6.45) is 3.16. The van der Waals surface area contributed by atoms with E-state index in [2.05, 4.69) is 25.9 Å². The van der Waals surface area contributed by atoms with Crippen LogP contribution in [0.1, 0.15) is 61.3 Å². The van der Waals surface area contributed by atoms with Crippen molar-refractivity contribution < 1.29 is 14.3 Å². The number of thioether (sulfide) groups is 1. The summed E-state index contributed by atoms with van der Waals surface area (Å²) >= 11 is 4.73. The molecule has 1 amide bonds. The molecule has 1 aliphatic heterocycles. The van der Waals surface area contributed by atoms with E-state index in [4.69, 9.17) is 4.74 Å². The third-order valence-electron chi connectivity index (χ3n) is 4.21. The summed E-state index contributed by atoms with van der Waals surface area (Å²) in [5.41, 5.74) is 1.66. The van der Waals surface area contributed by atoms with Gasteiger partial charge in [0.1, 0.15) is 5.60 Å². The number of rotatable bonds is 4. The van der Waals surface area contributed by atoms with E-state index >= 15 is 0 Å². The van der Waals surface area contributed by atoms with Gasteiger partial charge < -0.3 is 9.64 Å². The SMILES string of the molecule is CSc1nc(C)c(C(=O)CBr)c(C2CCN(C(=O)OC(C)(C)C)CC2)n1. The van der Waals surface area contributed by atoms with E-state index in [1.807, 2.05) is 34.0 Å². The Morgan fingerprint density at radius 3 is 2.38 bits per heavy atom. The fourth-order valence-electron chi connectivity index (χ4n) is 3.03. The van der Waals surface area contributed by atoms with E-state index in [1.165, 1.54) is 11.8 Å². The second-order valence-electron chi connectivity index (χ2n) is 7.35. The Hall–Kier alpha value is -1.15. The van der Waals surface area contributed by atoms with Crippen LogP contribution >= 0.6 is 27.7 Å². The molecule has 0 atom stereocenters. The van der Waals surface area contributed by atoms with Crippen LogP contribution in [0.2, 0.25) is 0 Å². The first-order valence-electron chi connectivity index (χ1n) is 8.66. The van der Waals surface area contributed by atoms with Gasteiger partial charge >= 0.3 is 6.09 Å². The molecule has 1 aromatic rings. The molecule has 6 nitrogen and oxygen atoms in total. The van der Waals surface area contributed by atoms with E-state index < -0.39 is 5.60 Å². The first-order valence-corrected chi connectivity index (χ1v) is 11.0. The van der Waals surface area contributed by atoms with Crippen LogP contribution in [0.15, 0.2) is 5.16 Å². The third kappa shape index (κ3) is 5.19. The van der Waals surface area contributed by atoms with Gasteiger partial charge in [-0.05, 0) is 46.8 Å². The molecule has 1 fully saturated rings. The largest absolute Gasteiger partial charge is 0.444 e. The number of nitrogens with zero attached hydrogens (tertiary/aromatic N) is 3. The molecule has 144 valence electrons. The molecule has 0 radical (unpaired) electrons. The van der Waals surface area contributed by atoms with Crippen LogP contribution in [-0.4, -0.2) is 57.0 Å². The lowest BCUT2D eigenvalue weighted by molar-refractivity contribution is 0.0203. The average Bonchev–Trinajstić information content (AvgIpc) is 2.59. The van der Waals surface area contributed by atoms with E-state index in [1.54, 1.807) is 4.90 Å². The van der Waals surface area contributed by atoms with Crippen LogP contribution in [0.3, 0.4) is 0 Å². The molecule has 0 bridgehead atoms. The van der Waals surface area contributed by atoms with E-state index in [-0.39, 0.29) is 23.1 Å².